The third kappa shape index (κ3) is 2.40. The van der Waals surface area contributed by atoms with Crippen molar-refractivity contribution in [2.24, 2.45) is 7.05 Å². The number of aromatic nitrogens is 4. The van der Waals surface area contributed by atoms with E-state index in [1.165, 1.54) is 0 Å². The highest BCUT2D eigenvalue weighted by molar-refractivity contribution is 6.05. The highest BCUT2D eigenvalue weighted by Gasteiger charge is 2.15. The van der Waals surface area contributed by atoms with Crippen LogP contribution in [0.4, 0.5) is 5.95 Å². The summed E-state index contributed by atoms with van der Waals surface area (Å²) < 4.78 is 3.57. The second-order valence-electron chi connectivity index (χ2n) is 5.24. The molecule has 6 heteroatoms. The average molecular weight is 283 g/mol. The Hall–Kier alpha value is -2.63. The van der Waals surface area contributed by atoms with E-state index in [1.807, 2.05) is 55.8 Å². The second-order valence-corrected chi connectivity index (χ2v) is 5.24. The standard InChI is InChI=1S/C15H17N5O/c1-10(2)20-9-16-15(18-20)17-14(21)13-8-11-6-4-5-7-12(11)19(13)3/h4-10H,1-3H3,(H,17,18,21). The molecule has 3 aromatic rings. The van der Waals surface area contributed by atoms with Crippen molar-refractivity contribution in [2.45, 2.75) is 19.9 Å². The van der Waals surface area contributed by atoms with Crippen molar-refractivity contribution in [3.05, 3.63) is 42.4 Å². The van der Waals surface area contributed by atoms with Crippen LogP contribution < -0.4 is 5.32 Å². The fourth-order valence-electron chi connectivity index (χ4n) is 2.25. The number of nitrogens with zero attached hydrogens (tertiary/aromatic N) is 4. The van der Waals surface area contributed by atoms with Crippen LogP contribution in [0.1, 0.15) is 30.4 Å². The largest absolute Gasteiger partial charge is 0.340 e. The number of benzene rings is 1. The van der Waals surface area contributed by atoms with E-state index in [1.54, 1.807) is 11.0 Å². The van der Waals surface area contributed by atoms with E-state index >= 15 is 0 Å². The third-order valence-corrected chi connectivity index (χ3v) is 3.45. The summed E-state index contributed by atoms with van der Waals surface area (Å²) in [6, 6.07) is 9.95. The Morgan fingerprint density at radius 1 is 1.29 bits per heavy atom. The van der Waals surface area contributed by atoms with Crippen LogP contribution in [0.5, 0.6) is 0 Å². The van der Waals surface area contributed by atoms with Crippen molar-refractivity contribution in [3.63, 3.8) is 0 Å². The highest BCUT2D eigenvalue weighted by Crippen LogP contribution is 2.19. The van der Waals surface area contributed by atoms with Gasteiger partial charge in [0.05, 0.1) is 0 Å². The molecule has 0 spiro atoms. The molecule has 0 aliphatic carbocycles. The van der Waals surface area contributed by atoms with E-state index in [0.29, 0.717) is 11.6 Å². The van der Waals surface area contributed by atoms with E-state index in [0.717, 1.165) is 10.9 Å². The third-order valence-electron chi connectivity index (χ3n) is 3.45. The van der Waals surface area contributed by atoms with E-state index in [4.69, 9.17) is 0 Å². The number of nitrogens with one attached hydrogen (secondary N) is 1. The normalized spacial score (nSPS) is 11.2. The highest BCUT2D eigenvalue weighted by atomic mass is 16.2. The summed E-state index contributed by atoms with van der Waals surface area (Å²) in [7, 11) is 1.87. The molecule has 21 heavy (non-hydrogen) atoms. The quantitative estimate of drug-likeness (QED) is 0.803. The summed E-state index contributed by atoms with van der Waals surface area (Å²) in [5.74, 6) is 0.106. The van der Waals surface area contributed by atoms with Crippen LogP contribution in [-0.2, 0) is 7.05 Å². The molecule has 0 aliphatic rings. The molecule has 0 bridgehead atoms. The molecule has 1 N–H and O–H groups in total. The lowest BCUT2D eigenvalue weighted by Crippen LogP contribution is -2.16. The number of rotatable bonds is 3. The smallest absolute Gasteiger partial charge is 0.274 e. The number of hydrogen-bond acceptors (Lipinski definition) is 3. The lowest BCUT2D eigenvalue weighted by atomic mass is 10.2. The average Bonchev–Trinajstić information content (AvgIpc) is 3.05. The number of carbonyl (C=O) groups is 1. The van der Waals surface area contributed by atoms with Crippen LogP contribution in [0.2, 0.25) is 0 Å². The van der Waals surface area contributed by atoms with Gasteiger partial charge in [0, 0.05) is 24.0 Å². The first-order valence-corrected chi connectivity index (χ1v) is 6.83. The fraction of sp³-hybridized carbons (Fsp3) is 0.267. The molecule has 1 amide bonds. The Balaban J connectivity index is 1.88. The molecule has 2 aromatic heterocycles. The number of anilines is 1. The predicted octanol–water partition coefficient (Wildman–Crippen LogP) is 2.60. The molecule has 108 valence electrons. The van der Waals surface area contributed by atoms with Crippen molar-refractivity contribution >= 4 is 22.8 Å². The van der Waals surface area contributed by atoms with Gasteiger partial charge in [-0.15, -0.1) is 5.10 Å². The van der Waals surface area contributed by atoms with Crippen molar-refractivity contribution in [1.82, 2.24) is 19.3 Å². The maximum absolute atomic E-state index is 12.4. The Morgan fingerprint density at radius 2 is 2.05 bits per heavy atom. The van der Waals surface area contributed by atoms with Gasteiger partial charge in [-0.3, -0.25) is 10.1 Å². The maximum atomic E-state index is 12.4. The number of fused-ring (bicyclic) bond motifs is 1. The van der Waals surface area contributed by atoms with Gasteiger partial charge in [0.25, 0.3) is 5.91 Å². The number of aryl methyl sites for hydroxylation is 1. The van der Waals surface area contributed by atoms with Gasteiger partial charge in [-0.2, -0.15) is 0 Å². The monoisotopic (exact) mass is 283 g/mol. The van der Waals surface area contributed by atoms with Gasteiger partial charge in [-0.1, -0.05) is 18.2 Å². The van der Waals surface area contributed by atoms with Crippen molar-refractivity contribution in [2.75, 3.05) is 5.32 Å². The van der Waals surface area contributed by atoms with Gasteiger partial charge >= 0.3 is 0 Å². The van der Waals surface area contributed by atoms with Crippen molar-refractivity contribution in [1.29, 1.82) is 0 Å². The molecule has 0 saturated heterocycles. The minimum atomic E-state index is -0.213. The van der Waals surface area contributed by atoms with Crippen LogP contribution in [0.25, 0.3) is 10.9 Å². The predicted molar refractivity (Wildman–Crippen MR) is 81.3 cm³/mol. The number of hydrogen-bond donors (Lipinski definition) is 1. The van der Waals surface area contributed by atoms with E-state index in [2.05, 4.69) is 15.4 Å². The Kier molecular flexibility index (Phi) is 3.21. The van der Waals surface area contributed by atoms with Gasteiger partial charge in [-0.25, -0.2) is 9.67 Å². The molecule has 0 saturated carbocycles. The summed E-state index contributed by atoms with van der Waals surface area (Å²) in [5.41, 5.74) is 1.60. The topological polar surface area (TPSA) is 64.7 Å². The molecular weight excluding hydrogens is 266 g/mol. The van der Waals surface area contributed by atoms with Crippen LogP contribution in [0.3, 0.4) is 0 Å². The van der Waals surface area contributed by atoms with Crippen molar-refractivity contribution in [3.8, 4) is 0 Å². The minimum Gasteiger partial charge on any atom is -0.340 e. The lowest BCUT2D eigenvalue weighted by Gasteiger charge is -2.04. The molecule has 0 unspecified atom stereocenters. The van der Waals surface area contributed by atoms with Gasteiger partial charge < -0.3 is 4.57 Å². The summed E-state index contributed by atoms with van der Waals surface area (Å²) in [4.78, 5) is 16.5. The molecule has 3 rings (SSSR count). The van der Waals surface area contributed by atoms with Gasteiger partial charge in [0.15, 0.2) is 0 Å². The molecule has 0 aliphatic heterocycles. The van der Waals surface area contributed by atoms with Crippen LogP contribution in [-0.4, -0.2) is 25.2 Å². The Bertz CT molecular complexity index is 799. The van der Waals surface area contributed by atoms with E-state index in [-0.39, 0.29) is 11.9 Å². The van der Waals surface area contributed by atoms with Crippen LogP contribution in [0, 0.1) is 0 Å². The minimum absolute atomic E-state index is 0.209. The second kappa shape index (κ2) is 5.05. The zero-order valence-corrected chi connectivity index (χ0v) is 12.2. The fourth-order valence-corrected chi connectivity index (χ4v) is 2.25. The number of amides is 1. The molecule has 2 heterocycles. The first-order chi connectivity index (χ1) is 10.1. The molecule has 0 atom stereocenters. The molecule has 1 aromatic carbocycles. The summed E-state index contributed by atoms with van der Waals surface area (Å²) in [6.07, 6.45) is 1.61. The maximum Gasteiger partial charge on any atom is 0.274 e. The number of carbonyl (C=O) groups excluding carboxylic acids is 1. The van der Waals surface area contributed by atoms with E-state index in [9.17, 15) is 4.79 Å². The van der Waals surface area contributed by atoms with Crippen LogP contribution in [0.15, 0.2) is 36.7 Å². The zero-order chi connectivity index (χ0) is 15.0. The Morgan fingerprint density at radius 3 is 2.71 bits per heavy atom. The van der Waals surface area contributed by atoms with Crippen LogP contribution >= 0.6 is 0 Å². The molecular formula is C15H17N5O. The first-order valence-electron chi connectivity index (χ1n) is 6.83. The summed E-state index contributed by atoms with van der Waals surface area (Å²) >= 11 is 0. The molecule has 0 fully saturated rings. The molecule has 0 radical (unpaired) electrons. The summed E-state index contributed by atoms with van der Waals surface area (Å²) in [5, 5.41) is 7.99. The van der Waals surface area contributed by atoms with Crippen molar-refractivity contribution < 1.29 is 4.79 Å². The van der Waals surface area contributed by atoms with E-state index < -0.39 is 0 Å². The van der Waals surface area contributed by atoms with Gasteiger partial charge in [0.2, 0.25) is 5.95 Å². The number of para-hydroxylation sites is 1. The lowest BCUT2D eigenvalue weighted by molar-refractivity contribution is 0.101. The Labute approximate surface area is 122 Å². The summed E-state index contributed by atoms with van der Waals surface area (Å²) in [6.45, 7) is 4.01. The van der Waals surface area contributed by atoms with Gasteiger partial charge in [0.1, 0.15) is 12.0 Å². The zero-order valence-electron chi connectivity index (χ0n) is 12.2. The SMILES string of the molecule is CC(C)n1cnc(NC(=O)c2cc3ccccc3n2C)n1. The molecule has 6 nitrogen and oxygen atoms in total. The van der Waals surface area contributed by atoms with Gasteiger partial charge in [-0.05, 0) is 26.0 Å². The first kappa shape index (κ1) is 13.4.